The fourth-order valence-corrected chi connectivity index (χ4v) is 2.28. The number of nitrogens with zero attached hydrogens (tertiary/aromatic N) is 1. The van der Waals surface area contributed by atoms with E-state index >= 15 is 0 Å². The monoisotopic (exact) mass is 253 g/mol. The lowest BCUT2D eigenvalue weighted by molar-refractivity contribution is 0.583. The second kappa shape index (κ2) is 4.85. The molecular formula is C11H15N3O2S. The Labute approximate surface area is 100 Å². The first-order valence-electron chi connectivity index (χ1n) is 5.50. The summed E-state index contributed by atoms with van der Waals surface area (Å²) in [7, 11) is -3.10. The van der Waals surface area contributed by atoms with Crippen LogP contribution in [-0.2, 0) is 16.4 Å². The molecule has 0 atom stereocenters. The molecule has 17 heavy (non-hydrogen) atoms. The second-order valence-corrected chi connectivity index (χ2v) is 5.86. The minimum atomic E-state index is -3.10. The van der Waals surface area contributed by atoms with E-state index in [1.54, 1.807) is 13.1 Å². The van der Waals surface area contributed by atoms with Crippen molar-refractivity contribution in [3.63, 3.8) is 0 Å². The lowest BCUT2D eigenvalue weighted by Crippen LogP contribution is -2.27. The molecule has 0 aliphatic carbocycles. The van der Waals surface area contributed by atoms with Crippen LogP contribution < -0.4 is 4.72 Å². The Morgan fingerprint density at radius 2 is 2.29 bits per heavy atom. The first-order valence-corrected chi connectivity index (χ1v) is 7.16. The third kappa shape index (κ3) is 2.83. The van der Waals surface area contributed by atoms with E-state index in [1.165, 1.54) is 0 Å². The van der Waals surface area contributed by atoms with Crippen LogP contribution in [-0.4, -0.2) is 30.7 Å². The minimum Gasteiger partial charge on any atom is -0.346 e. The lowest BCUT2D eigenvalue weighted by atomic mass is 10.2. The lowest BCUT2D eigenvalue weighted by Gasteiger charge is -2.03. The fourth-order valence-electron chi connectivity index (χ4n) is 1.66. The zero-order valence-electron chi connectivity index (χ0n) is 9.60. The van der Waals surface area contributed by atoms with Gasteiger partial charge in [-0.25, -0.2) is 18.1 Å². The number of pyridine rings is 1. The normalized spacial score (nSPS) is 12.1. The molecule has 0 aromatic carbocycles. The number of fused-ring (bicyclic) bond motifs is 1. The van der Waals surface area contributed by atoms with Gasteiger partial charge in [-0.05, 0) is 31.0 Å². The van der Waals surface area contributed by atoms with Gasteiger partial charge in [0.05, 0.1) is 5.75 Å². The fraction of sp³-hybridized carbons (Fsp3) is 0.364. The average Bonchev–Trinajstić information content (AvgIpc) is 2.73. The van der Waals surface area contributed by atoms with Crippen LogP contribution in [0.2, 0.25) is 0 Å². The van der Waals surface area contributed by atoms with Crippen molar-refractivity contribution in [2.24, 2.45) is 0 Å². The maximum atomic E-state index is 11.3. The van der Waals surface area contributed by atoms with Crippen LogP contribution in [0, 0.1) is 0 Å². The van der Waals surface area contributed by atoms with Gasteiger partial charge in [0.25, 0.3) is 0 Å². The number of hydrogen-bond acceptors (Lipinski definition) is 3. The van der Waals surface area contributed by atoms with Crippen molar-refractivity contribution < 1.29 is 8.42 Å². The molecule has 0 amide bonds. The van der Waals surface area contributed by atoms with Crippen molar-refractivity contribution in [3.8, 4) is 0 Å². The van der Waals surface area contributed by atoms with Crippen molar-refractivity contribution >= 4 is 21.1 Å². The van der Waals surface area contributed by atoms with Gasteiger partial charge in [0, 0.05) is 24.3 Å². The number of aromatic nitrogens is 2. The predicted octanol–water partition coefficient (Wildman–Crippen LogP) is 1.04. The first-order chi connectivity index (χ1) is 8.12. The maximum Gasteiger partial charge on any atom is 0.211 e. The number of aromatic amines is 1. The Kier molecular flexibility index (Phi) is 3.44. The summed E-state index contributed by atoms with van der Waals surface area (Å²) in [4.78, 5) is 7.24. The molecule has 0 radical (unpaired) electrons. The number of sulfonamides is 1. The van der Waals surface area contributed by atoms with Gasteiger partial charge in [-0.1, -0.05) is 0 Å². The largest absolute Gasteiger partial charge is 0.346 e. The van der Waals surface area contributed by atoms with Crippen LogP contribution in [0.5, 0.6) is 0 Å². The molecule has 0 bridgehead atoms. The van der Waals surface area contributed by atoms with Crippen LogP contribution in [0.15, 0.2) is 24.5 Å². The van der Waals surface area contributed by atoms with E-state index in [9.17, 15) is 8.42 Å². The average molecular weight is 253 g/mol. The number of nitrogens with one attached hydrogen (secondary N) is 2. The van der Waals surface area contributed by atoms with Crippen molar-refractivity contribution in [3.05, 3.63) is 30.1 Å². The van der Waals surface area contributed by atoms with Gasteiger partial charge < -0.3 is 4.98 Å². The molecule has 2 rings (SSSR count). The van der Waals surface area contributed by atoms with Crippen molar-refractivity contribution in [2.75, 3.05) is 12.3 Å². The van der Waals surface area contributed by atoms with E-state index < -0.39 is 10.0 Å². The Morgan fingerprint density at radius 1 is 1.47 bits per heavy atom. The third-order valence-electron chi connectivity index (χ3n) is 2.63. The predicted molar refractivity (Wildman–Crippen MR) is 67.3 cm³/mol. The summed E-state index contributed by atoms with van der Waals surface area (Å²) >= 11 is 0. The highest BCUT2D eigenvalue weighted by molar-refractivity contribution is 7.89. The van der Waals surface area contributed by atoms with Gasteiger partial charge in [-0.2, -0.15) is 0 Å². The zero-order valence-corrected chi connectivity index (χ0v) is 10.4. The number of rotatable bonds is 5. The van der Waals surface area contributed by atoms with Gasteiger partial charge in [-0.15, -0.1) is 0 Å². The summed E-state index contributed by atoms with van der Waals surface area (Å²) in [6.07, 6.45) is 4.26. The SMILES string of the molecule is CCS(=O)(=O)NCCc1c[nH]c2ncccc12. The van der Waals surface area contributed by atoms with Crippen LogP contribution in [0.25, 0.3) is 11.0 Å². The highest BCUT2D eigenvalue weighted by Crippen LogP contribution is 2.15. The summed E-state index contributed by atoms with van der Waals surface area (Å²) in [6.45, 7) is 2.04. The van der Waals surface area contributed by atoms with Crippen molar-refractivity contribution in [2.45, 2.75) is 13.3 Å². The van der Waals surface area contributed by atoms with Crippen molar-refractivity contribution in [1.82, 2.24) is 14.7 Å². The molecule has 0 spiro atoms. The van der Waals surface area contributed by atoms with Gasteiger partial charge in [-0.3, -0.25) is 0 Å². The molecule has 5 nitrogen and oxygen atoms in total. The highest BCUT2D eigenvalue weighted by Gasteiger charge is 2.07. The summed E-state index contributed by atoms with van der Waals surface area (Å²) in [5.41, 5.74) is 1.91. The minimum absolute atomic E-state index is 0.114. The Bertz CT molecular complexity index is 604. The summed E-state index contributed by atoms with van der Waals surface area (Å²) in [5.74, 6) is 0.114. The molecule has 2 N–H and O–H groups in total. The molecular weight excluding hydrogens is 238 g/mol. The number of H-pyrrole nitrogens is 1. The van der Waals surface area contributed by atoms with Crippen molar-refractivity contribution in [1.29, 1.82) is 0 Å². The van der Waals surface area contributed by atoms with Gasteiger partial charge in [0.1, 0.15) is 5.65 Å². The van der Waals surface area contributed by atoms with E-state index in [2.05, 4.69) is 14.7 Å². The van der Waals surface area contributed by atoms with E-state index in [0.717, 1.165) is 16.6 Å². The van der Waals surface area contributed by atoms with Crippen LogP contribution in [0.3, 0.4) is 0 Å². The second-order valence-electron chi connectivity index (χ2n) is 3.76. The molecule has 2 aromatic heterocycles. The molecule has 0 saturated carbocycles. The molecule has 0 aliphatic heterocycles. The Balaban J connectivity index is 2.05. The van der Waals surface area contributed by atoms with E-state index in [1.807, 2.05) is 18.3 Å². The van der Waals surface area contributed by atoms with E-state index in [-0.39, 0.29) is 5.75 Å². The molecule has 2 aromatic rings. The Hall–Kier alpha value is -1.40. The highest BCUT2D eigenvalue weighted by atomic mass is 32.2. The van der Waals surface area contributed by atoms with Crippen LogP contribution >= 0.6 is 0 Å². The van der Waals surface area contributed by atoms with Gasteiger partial charge in [0.2, 0.25) is 10.0 Å². The molecule has 0 unspecified atom stereocenters. The Morgan fingerprint density at radius 3 is 3.06 bits per heavy atom. The topological polar surface area (TPSA) is 74.8 Å². The molecule has 2 heterocycles. The molecule has 92 valence electrons. The van der Waals surface area contributed by atoms with Gasteiger partial charge in [0.15, 0.2) is 0 Å². The molecule has 0 fully saturated rings. The number of hydrogen-bond donors (Lipinski definition) is 2. The van der Waals surface area contributed by atoms with Gasteiger partial charge >= 0.3 is 0 Å². The smallest absolute Gasteiger partial charge is 0.211 e. The first kappa shape index (κ1) is 12.1. The van der Waals surface area contributed by atoms with Crippen LogP contribution in [0.1, 0.15) is 12.5 Å². The maximum absolute atomic E-state index is 11.3. The standard InChI is InChI=1S/C11H15N3O2S/c1-2-17(15,16)14-7-5-9-8-13-11-10(9)4-3-6-12-11/h3-4,6,8,14H,2,5,7H2,1H3,(H,12,13). The summed E-state index contributed by atoms with van der Waals surface area (Å²) < 4.78 is 25.1. The van der Waals surface area contributed by atoms with Crippen LogP contribution in [0.4, 0.5) is 0 Å². The summed E-state index contributed by atoms with van der Waals surface area (Å²) in [5, 5.41) is 1.04. The summed E-state index contributed by atoms with van der Waals surface area (Å²) in [6, 6.07) is 3.85. The third-order valence-corrected chi connectivity index (χ3v) is 4.04. The molecule has 0 aliphatic rings. The van der Waals surface area contributed by atoms with E-state index in [0.29, 0.717) is 13.0 Å². The quantitative estimate of drug-likeness (QED) is 0.836. The molecule has 0 saturated heterocycles. The van der Waals surface area contributed by atoms with E-state index in [4.69, 9.17) is 0 Å². The molecule has 6 heteroatoms. The zero-order chi connectivity index (χ0) is 12.3.